The van der Waals surface area contributed by atoms with Gasteiger partial charge < -0.3 is 26.0 Å². The molecule has 0 saturated heterocycles. The zero-order valence-electron chi connectivity index (χ0n) is 21.1. The van der Waals surface area contributed by atoms with E-state index in [1.807, 2.05) is 30.3 Å². The highest BCUT2D eigenvalue weighted by atomic mass is 32.1. The Kier molecular flexibility index (Phi) is 12.3. The Morgan fingerprint density at radius 2 is 1.54 bits per heavy atom. The first-order chi connectivity index (χ1) is 18.5. The van der Waals surface area contributed by atoms with Gasteiger partial charge in [0.05, 0.1) is 19.0 Å². The first-order valence-corrected chi connectivity index (χ1v) is 12.4. The molecule has 2 aromatic rings. The summed E-state index contributed by atoms with van der Waals surface area (Å²) in [5.41, 5.74) is 2.12. The number of esters is 2. The molecule has 39 heavy (non-hydrogen) atoms. The molecule has 4 N–H and O–H groups in total. The van der Waals surface area contributed by atoms with Gasteiger partial charge in [-0.1, -0.05) is 54.6 Å². The van der Waals surface area contributed by atoms with E-state index in [4.69, 9.17) is 12.2 Å². The lowest BCUT2D eigenvalue weighted by Crippen LogP contribution is -2.39. The van der Waals surface area contributed by atoms with Crippen molar-refractivity contribution in [2.75, 3.05) is 20.1 Å². The number of rotatable bonds is 12. The molecule has 2 rings (SSSR count). The fraction of sp³-hybridized carbons (Fsp3) is 0.346. The Balaban J connectivity index is 1.99. The van der Waals surface area contributed by atoms with Crippen LogP contribution in [0.4, 0.5) is 13.2 Å². The van der Waals surface area contributed by atoms with Crippen molar-refractivity contribution >= 4 is 41.1 Å². The first kappa shape index (κ1) is 31.2. The van der Waals surface area contributed by atoms with E-state index in [-0.39, 0.29) is 12.3 Å². The molecule has 2 aromatic carbocycles. The quantitative estimate of drug-likeness (QED) is 0.134. The number of hydrogen-bond donors (Lipinski definition) is 4. The van der Waals surface area contributed by atoms with Crippen molar-refractivity contribution in [2.45, 2.75) is 37.9 Å². The molecule has 0 saturated carbocycles. The lowest BCUT2D eigenvalue weighted by molar-refractivity contribution is -0.202. The molecule has 1 unspecified atom stereocenters. The Morgan fingerprint density at radius 3 is 2.15 bits per heavy atom. The SMILES string of the molecule is CNC(=S)NCCCCC(=O)NCC(=O)NC(CC(=O)OC(=O)C(F)(F)F)c1ccc(-c2ccccc2)cc1. The van der Waals surface area contributed by atoms with Crippen molar-refractivity contribution in [3.8, 4) is 11.1 Å². The normalized spacial score (nSPS) is 11.6. The van der Waals surface area contributed by atoms with Gasteiger partial charge in [-0.2, -0.15) is 13.2 Å². The highest BCUT2D eigenvalue weighted by molar-refractivity contribution is 7.80. The number of alkyl halides is 3. The van der Waals surface area contributed by atoms with Crippen LogP contribution in [0.1, 0.15) is 37.3 Å². The van der Waals surface area contributed by atoms with Gasteiger partial charge in [-0.15, -0.1) is 0 Å². The van der Waals surface area contributed by atoms with Crippen LogP contribution in [0.15, 0.2) is 54.6 Å². The number of ether oxygens (including phenoxy) is 1. The second-order valence-electron chi connectivity index (χ2n) is 8.31. The molecule has 0 aliphatic carbocycles. The van der Waals surface area contributed by atoms with E-state index in [2.05, 4.69) is 26.0 Å². The molecular formula is C26H29F3N4O5S. The minimum absolute atomic E-state index is 0.164. The van der Waals surface area contributed by atoms with Crippen LogP contribution < -0.4 is 21.3 Å². The molecule has 0 spiro atoms. The highest BCUT2D eigenvalue weighted by Gasteiger charge is 2.42. The molecule has 0 aromatic heterocycles. The summed E-state index contributed by atoms with van der Waals surface area (Å²) >= 11 is 4.95. The Morgan fingerprint density at radius 1 is 0.897 bits per heavy atom. The molecule has 1 atom stereocenters. The van der Waals surface area contributed by atoms with Gasteiger partial charge in [-0.05, 0) is 41.7 Å². The number of amides is 2. The van der Waals surface area contributed by atoms with Gasteiger partial charge in [0.15, 0.2) is 5.11 Å². The second-order valence-corrected chi connectivity index (χ2v) is 8.72. The third-order valence-corrected chi connectivity index (χ3v) is 5.70. The molecule has 9 nitrogen and oxygen atoms in total. The van der Waals surface area contributed by atoms with Crippen LogP contribution in [0, 0.1) is 0 Å². The summed E-state index contributed by atoms with van der Waals surface area (Å²) in [6.45, 7) is 0.154. The maximum absolute atomic E-state index is 12.5. The van der Waals surface area contributed by atoms with Crippen molar-refractivity contribution < 1.29 is 37.1 Å². The Hall–Kier alpha value is -4.00. The van der Waals surface area contributed by atoms with Gasteiger partial charge in [0.25, 0.3) is 0 Å². The lowest BCUT2D eigenvalue weighted by atomic mass is 9.99. The lowest BCUT2D eigenvalue weighted by Gasteiger charge is -2.19. The zero-order chi connectivity index (χ0) is 28.8. The van der Waals surface area contributed by atoms with E-state index in [0.29, 0.717) is 30.1 Å². The molecule has 0 bridgehead atoms. The number of unbranched alkanes of at least 4 members (excludes halogenated alkanes) is 1. The van der Waals surface area contributed by atoms with Gasteiger partial charge in [0, 0.05) is 20.0 Å². The molecule has 0 radical (unpaired) electrons. The largest absolute Gasteiger partial charge is 0.491 e. The van der Waals surface area contributed by atoms with E-state index in [1.165, 1.54) is 0 Å². The minimum Gasteiger partial charge on any atom is -0.386 e. The van der Waals surface area contributed by atoms with Crippen molar-refractivity contribution in [3.63, 3.8) is 0 Å². The van der Waals surface area contributed by atoms with Gasteiger partial charge >= 0.3 is 18.1 Å². The summed E-state index contributed by atoms with van der Waals surface area (Å²) in [6.07, 6.45) is -4.71. The molecule has 210 valence electrons. The summed E-state index contributed by atoms with van der Waals surface area (Å²) < 4.78 is 41.4. The van der Waals surface area contributed by atoms with E-state index in [0.717, 1.165) is 11.1 Å². The van der Waals surface area contributed by atoms with Gasteiger partial charge in [0.2, 0.25) is 11.8 Å². The average Bonchev–Trinajstić information content (AvgIpc) is 2.91. The standard InChI is InChI=1S/C26H29F3N4O5S/c1-30-25(39)31-14-6-5-9-21(34)32-16-22(35)33-20(15-23(36)38-24(37)26(27,28)29)19-12-10-18(11-13-19)17-7-3-2-4-8-17/h2-4,7-8,10-13,20H,5-6,9,14-16H2,1H3,(H,32,34)(H,33,35)(H2,30,31,39). The summed E-state index contributed by atoms with van der Waals surface area (Å²) in [5.74, 6) is -5.17. The summed E-state index contributed by atoms with van der Waals surface area (Å²) in [5, 5.41) is 11.2. The molecule has 13 heteroatoms. The van der Waals surface area contributed by atoms with Crippen molar-refractivity contribution in [1.29, 1.82) is 0 Å². The number of carbonyl (C=O) groups excluding carboxylic acids is 4. The third-order valence-electron chi connectivity index (χ3n) is 5.35. The van der Waals surface area contributed by atoms with Crippen molar-refractivity contribution in [2.24, 2.45) is 0 Å². The van der Waals surface area contributed by atoms with Crippen molar-refractivity contribution in [3.05, 3.63) is 60.2 Å². The van der Waals surface area contributed by atoms with Crippen LogP contribution in [0.3, 0.4) is 0 Å². The maximum Gasteiger partial charge on any atom is 0.491 e. The summed E-state index contributed by atoms with van der Waals surface area (Å²) in [6, 6.07) is 14.8. The van der Waals surface area contributed by atoms with E-state index in [9.17, 15) is 32.3 Å². The predicted octanol–water partition coefficient (Wildman–Crippen LogP) is 2.91. The number of halogens is 3. The molecule has 0 fully saturated rings. The van der Waals surface area contributed by atoms with Gasteiger partial charge in [0.1, 0.15) is 0 Å². The molecule has 2 amide bonds. The fourth-order valence-corrected chi connectivity index (χ4v) is 3.48. The van der Waals surface area contributed by atoms with Crippen LogP contribution in [-0.2, 0) is 23.9 Å². The van der Waals surface area contributed by atoms with Crippen LogP contribution in [0.2, 0.25) is 0 Å². The summed E-state index contributed by atoms with van der Waals surface area (Å²) in [4.78, 5) is 47.7. The van der Waals surface area contributed by atoms with Crippen LogP contribution in [0.5, 0.6) is 0 Å². The highest BCUT2D eigenvalue weighted by Crippen LogP contribution is 2.24. The third kappa shape index (κ3) is 11.5. The average molecular weight is 567 g/mol. The zero-order valence-corrected chi connectivity index (χ0v) is 21.9. The maximum atomic E-state index is 12.5. The van der Waals surface area contributed by atoms with E-state index in [1.54, 1.807) is 31.3 Å². The van der Waals surface area contributed by atoms with Crippen LogP contribution in [-0.4, -0.2) is 55.2 Å². The molecule has 0 aliphatic rings. The Labute approximate surface area is 228 Å². The first-order valence-electron chi connectivity index (χ1n) is 12.0. The Bertz CT molecular complexity index is 1140. The molecular weight excluding hydrogens is 537 g/mol. The number of benzene rings is 2. The second kappa shape index (κ2) is 15.4. The summed E-state index contributed by atoms with van der Waals surface area (Å²) in [7, 11) is 1.68. The predicted molar refractivity (Wildman–Crippen MR) is 141 cm³/mol. The monoisotopic (exact) mass is 566 g/mol. The van der Waals surface area contributed by atoms with Gasteiger partial charge in [-0.3, -0.25) is 14.4 Å². The van der Waals surface area contributed by atoms with E-state index < -0.39 is 43.0 Å². The van der Waals surface area contributed by atoms with Crippen LogP contribution in [0.25, 0.3) is 11.1 Å². The number of nitrogens with one attached hydrogen (secondary N) is 4. The number of carbonyl (C=O) groups is 4. The number of thiocarbonyl (C=S) groups is 1. The van der Waals surface area contributed by atoms with Crippen LogP contribution >= 0.6 is 12.2 Å². The fourth-order valence-electron chi connectivity index (χ4n) is 3.37. The molecule has 0 heterocycles. The smallest absolute Gasteiger partial charge is 0.386 e. The minimum atomic E-state index is -5.34. The van der Waals surface area contributed by atoms with Gasteiger partial charge in [-0.25, -0.2) is 4.79 Å². The molecule has 0 aliphatic heterocycles. The van der Waals surface area contributed by atoms with Crippen molar-refractivity contribution in [1.82, 2.24) is 21.3 Å². The number of hydrogen-bond acceptors (Lipinski definition) is 6. The van der Waals surface area contributed by atoms with E-state index >= 15 is 0 Å². The topological polar surface area (TPSA) is 126 Å².